The first-order valence-electron chi connectivity index (χ1n) is 11.3. The summed E-state index contributed by atoms with van der Waals surface area (Å²) in [5.74, 6) is 0. The van der Waals surface area contributed by atoms with Gasteiger partial charge in [-0.3, -0.25) is 0 Å². The van der Waals surface area contributed by atoms with Gasteiger partial charge < -0.3 is 24.8 Å². The van der Waals surface area contributed by atoms with Crippen molar-refractivity contribution in [2.24, 2.45) is 0 Å². The molecule has 4 heteroatoms. The maximum atomic E-state index is 2.60. The monoisotopic (exact) mass is 512 g/mol. The van der Waals surface area contributed by atoms with E-state index in [4.69, 9.17) is 0 Å². The van der Waals surface area contributed by atoms with Gasteiger partial charge in [-0.2, -0.15) is 0 Å². The van der Waals surface area contributed by atoms with E-state index in [0.29, 0.717) is 14.5 Å². The predicted molar refractivity (Wildman–Crippen MR) is 129 cm³/mol. The van der Waals surface area contributed by atoms with Gasteiger partial charge in [-0.05, 0) is 0 Å². The van der Waals surface area contributed by atoms with Gasteiger partial charge in [0.15, 0.2) is 0 Å². The van der Waals surface area contributed by atoms with Gasteiger partial charge in [0.2, 0.25) is 0 Å². The number of hydrogen-bond acceptors (Lipinski definition) is 0. The van der Waals surface area contributed by atoms with Gasteiger partial charge in [0.1, 0.15) is 0 Å². The first-order valence-corrected chi connectivity index (χ1v) is 14.3. The zero-order chi connectivity index (χ0) is 21.4. The molecule has 1 aromatic rings. The van der Waals surface area contributed by atoms with Gasteiger partial charge in [0, 0.05) is 0 Å². The third kappa shape index (κ3) is 6.61. The first kappa shape index (κ1) is 29.2. The molecule has 0 saturated heterocycles. The average molecular weight is 513 g/mol. The summed E-state index contributed by atoms with van der Waals surface area (Å²) in [4.78, 5) is 0. The normalized spacial score (nSPS) is 18.2. The van der Waals surface area contributed by atoms with Gasteiger partial charge >= 0.3 is 191 Å². The summed E-state index contributed by atoms with van der Waals surface area (Å²) in [7, 11) is -0.233. The number of benzene rings is 1. The first-order chi connectivity index (χ1) is 13.5. The quantitative estimate of drug-likeness (QED) is 0.406. The molecule has 3 rings (SSSR count). The van der Waals surface area contributed by atoms with Crippen LogP contribution in [0, 0.1) is 0 Å². The number of fused-ring (bicyclic) bond motifs is 1. The van der Waals surface area contributed by atoms with E-state index in [0.717, 1.165) is 0 Å². The summed E-state index contributed by atoms with van der Waals surface area (Å²) in [6.07, 6.45) is 10.2. The van der Waals surface area contributed by atoms with Crippen LogP contribution in [0.4, 0.5) is 0 Å². The second-order valence-electron chi connectivity index (χ2n) is 10.6. The maximum absolute atomic E-state index is 2.60. The summed E-state index contributed by atoms with van der Waals surface area (Å²) in [6.45, 7) is 19.5. The number of allylic oxidation sites excluding steroid dienone is 5. The SMILES string of the molecule is CCCCC1=[C]([Ti+2][CH]2C(P(C(C)(C)C)C(C)(C)C)=Cc3ccccc32)CC=C1C.[Cl-].[Cl-]. The molecule has 0 N–H and O–H groups in total. The van der Waals surface area contributed by atoms with Crippen molar-refractivity contribution in [3.05, 3.63) is 61.8 Å². The molecule has 0 aliphatic heterocycles. The van der Waals surface area contributed by atoms with E-state index in [1.807, 2.05) is 3.88 Å². The van der Waals surface area contributed by atoms with Crippen LogP contribution in [0.2, 0.25) is 0 Å². The van der Waals surface area contributed by atoms with E-state index in [9.17, 15) is 0 Å². The molecule has 0 heterocycles. The van der Waals surface area contributed by atoms with E-state index in [2.05, 4.69) is 91.8 Å². The summed E-state index contributed by atoms with van der Waals surface area (Å²) in [5.41, 5.74) is 6.42. The summed E-state index contributed by atoms with van der Waals surface area (Å²) in [6, 6.07) is 9.26. The van der Waals surface area contributed by atoms with Gasteiger partial charge in [-0.15, -0.1) is 0 Å². The molecule has 0 saturated carbocycles. The molecule has 2 aliphatic carbocycles. The summed E-state index contributed by atoms with van der Waals surface area (Å²) >= 11 is -0.223. The van der Waals surface area contributed by atoms with E-state index >= 15 is 0 Å². The standard InChI is InChI=1S/C17H24P.C10H15.2ClH.Ti/c1-16(2,3)18(17(4,5)6)15-11-13-9-7-8-10-14(13)12-15;1-3-4-7-10-8-5-6-9(10)2;;;/h7-12H,1-6H3;6H,3-5,7H2,1-2H3;2*1H;/q;;;;+2/p-2. The van der Waals surface area contributed by atoms with Gasteiger partial charge in [-0.25, -0.2) is 0 Å². The number of rotatable bonds is 6. The molecular weight excluding hydrogens is 474 g/mol. The van der Waals surface area contributed by atoms with Gasteiger partial charge in [0.05, 0.1) is 0 Å². The van der Waals surface area contributed by atoms with E-state index in [-0.39, 0.29) is 51.9 Å². The Labute approximate surface area is 214 Å². The van der Waals surface area contributed by atoms with Crippen molar-refractivity contribution in [3.63, 3.8) is 0 Å². The van der Waals surface area contributed by atoms with Crippen LogP contribution in [0.5, 0.6) is 0 Å². The third-order valence-electron chi connectivity index (χ3n) is 6.06. The van der Waals surface area contributed by atoms with Crippen LogP contribution in [-0.4, -0.2) is 10.3 Å². The summed E-state index contributed by atoms with van der Waals surface area (Å²) in [5, 5.41) is 2.44. The molecule has 0 spiro atoms. The van der Waals surface area contributed by atoms with Gasteiger partial charge in [-0.1, -0.05) is 0 Å². The minimum absolute atomic E-state index is 0. The predicted octanol–water partition coefficient (Wildman–Crippen LogP) is 3.05. The second kappa shape index (κ2) is 11.5. The molecule has 0 radical (unpaired) electrons. The van der Waals surface area contributed by atoms with Crippen LogP contribution in [0.15, 0.2) is 50.7 Å². The number of unbranched alkanes of at least 4 members (excludes halogenated alkanes) is 1. The van der Waals surface area contributed by atoms with Crippen molar-refractivity contribution in [1.29, 1.82) is 0 Å². The molecule has 31 heavy (non-hydrogen) atoms. The molecule has 0 amide bonds. The Balaban J connectivity index is 0.00000240. The molecule has 1 atom stereocenters. The Kier molecular flexibility index (Phi) is 10.9. The van der Waals surface area contributed by atoms with Crippen LogP contribution in [0.3, 0.4) is 0 Å². The van der Waals surface area contributed by atoms with Crippen molar-refractivity contribution >= 4 is 14.0 Å². The van der Waals surface area contributed by atoms with Crippen molar-refractivity contribution in [2.75, 3.05) is 0 Å². The topological polar surface area (TPSA) is 0 Å². The summed E-state index contributed by atoms with van der Waals surface area (Å²) < 4.78 is 2.52. The minimum atomic E-state index is -0.233. The van der Waals surface area contributed by atoms with E-state index in [1.165, 1.54) is 31.2 Å². The fourth-order valence-corrected chi connectivity index (χ4v) is 13.0. The molecule has 1 unspecified atom stereocenters. The zero-order valence-electron chi connectivity index (χ0n) is 20.6. The Hall–Kier alpha value is 0.164. The Morgan fingerprint density at radius 3 is 2.19 bits per heavy atom. The molecule has 0 bridgehead atoms. The molecular formula is C27H39Cl2PTi. The fraction of sp³-hybridized carbons (Fsp3) is 0.556. The molecule has 1 aromatic carbocycles. The minimum Gasteiger partial charge on any atom is -1.00 e. The number of hydrogen-bond donors (Lipinski definition) is 0. The van der Waals surface area contributed by atoms with Crippen molar-refractivity contribution in [1.82, 2.24) is 0 Å². The van der Waals surface area contributed by atoms with Crippen LogP contribution in [0.25, 0.3) is 6.08 Å². The van der Waals surface area contributed by atoms with Crippen molar-refractivity contribution < 1.29 is 44.0 Å². The molecule has 2 aliphatic rings. The second-order valence-corrected chi connectivity index (χ2v) is 16.8. The van der Waals surface area contributed by atoms with E-state index < -0.39 is 0 Å². The van der Waals surface area contributed by atoms with Crippen LogP contribution in [-0.2, 0) is 19.2 Å². The largest absolute Gasteiger partial charge is 1.00 e. The van der Waals surface area contributed by atoms with Crippen molar-refractivity contribution in [2.45, 2.75) is 95.6 Å². The average Bonchev–Trinajstić information content (AvgIpc) is 3.12. The Bertz CT molecular complexity index is 839. The molecule has 0 nitrogen and oxygen atoms in total. The van der Waals surface area contributed by atoms with E-state index in [1.54, 1.807) is 22.0 Å². The zero-order valence-corrected chi connectivity index (χ0v) is 24.5. The molecule has 170 valence electrons. The fourth-order valence-electron chi connectivity index (χ4n) is 5.19. The molecule has 0 aromatic heterocycles. The van der Waals surface area contributed by atoms with Gasteiger partial charge in [0.25, 0.3) is 0 Å². The Morgan fingerprint density at radius 1 is 1.00 bits per heavy atom. The molecule has 0 fully saturated rings. The third-order valence-corrected chi connectivity index (χ3v) is 12.8. The van der Waals surface area contributed by atoms with Crippen LogP contribution < -0.4 is 24.8 Å². The number of halogens is 2. The van der Waals surface area contributed by atoms with Crippen molar-refractivity contribution in [3.8, 4) is 0 Å². The van der Waals surface area contributed by atoms with Crippen LogP contribution >= 0.6 is 7.92 Å². The van der Waals surface area contributed by atoms with Crippen LogP contribution in [0.1, 0.15) is 96.4 Å². The smallest absolute Gasteiger partial charge is 1.00 e. The maximum Gasteiger partial charge on any atom is -1.00 e. The Morgan fingerprint density at radius 2 is 1.61 bits per heavy atom.